The SMILES string of the molecule is CN=C(NCc1coc(-c2ccccc2)n1)NCc1sc(C)nc1C.I. The maximum absolute atomic E-state index is 5.55. The number of aliphatic imine (C=N–C) groups is 1. The number of halogens is 1. The van der Waals surface area contributed by atoms with Crippen molar-refractivity contribution < 1.29 is 4.42 Å². The highest BCUT2D eigenvalue weighted by Crippen LogP contribution is 2.18. The first kappa shape index (κ1) is 20.4. The lowest BCUT2D eigenvalue weighted by Crippen LogP contribution is -2.36. The van der Waals surface area contributed by atoms with Crippen LogP contribution in [0.1, 0.15) is 21.3 Å². The topological polar surface area (TPSA) is 75.3 Å². The van der Waals surface area contributed by atoms with Gasteiger partial charge in [0.15, 0.2) is 5.96 Å². The molecule has 26 heavy (non-hydrogen) atoms. The fraction of sp³-hybridized carbons (Fsp3) is 0.278. The number of nitrogens with zero attached hydrogens (tertiary/aromatic N) is 3. The monoisotopic (exact) mass is 483 g/mol. The summed E-state index contributed by atoms with van der Waals surface area (Å²) in [6, 6.07) is 9.85. The summed E-state index contributed by atoms with van der Waals surface area (Å²) in [7, 11) is 1.75. The minimum absolute atomic E-state index is 0. The molecule has 0 aliphatic heterocycles. The van der Waals surface area contributed by atoms with E-state index in [1.54, 1.807) is 24.6 Å². The van der Waals surface area contributed by atoms with Gasteiger partial charge in [0.2, 0.25) is 5.89 Å². The Morgan fingerprint density at radius 3 is 2.50 bits per heavy atom. The molecule has 0 saturated carbocycles. The molecule has 3 aromatic rings. The van der Waals surface area contributed by atoms with Gasteiger partial charge < -0.3 is 15.1 Å². The van der Waals surface area contributed by atoms with E-state index < -0.39 is 0 Å². The van der Waals surface area contributed by atoms with Crippen LogP contribution < -0.4 is 10.6 Å². The number of oxazole rings is 1. The molecule has 6 nitrogen and oxygen atoms in total. The third-order valence-corrected chi connectivity index (χ3v) is 4.72. The van der Waals surface area contributed by atoms with Crippen LogP contribution in [0.15, 0.2) is 46.0 Å². The molecule has 0 unspecified atom stereocenters. The number of hydrogen-bond donors (Lipinski definition) is 2. The van der Waals surface area contributed by atoms with Crippen LogP contribution in [0.3, 0.4) is 0 Å². The van der Waals surface area contributed by atoms with Gasteiger partial charge in [0, 0.05) is 17.5 Å². The summed E-state index contributed by atoms with van der Waals surface area (Å²) in [5.74, 6) is 1.34. The van der Waals surface area contributed by atoms with E-state index in [0.717, 1.165) is 27.9 Å². The lowest BCUT2D eigenvalue weighted by molar-refractivity contribution is 0.572. The van der Waals surface area contributed by atoms with E-state index in [1.165, 1.54) is 4.88 Å². The predicted molar refractivity (Wildman–Crippen MR) is 116 cm³/mol. The second kappa shape index (κ2) is 9.67. The first-order valence-corrected chi connectivity index (χ1v) is 8.84. The number of hydrogen-bond acceptors (Lipinski definition) is 5. The van der Waals surface area contributed by atoms with Crippen molar-refractivity contribution in [3.05, 3.63) is 57.9 Å². The number of aryl methyl sites for hydroxylation is 2. The highest BCUT2D eigenvalue weighted by atomic mass is 127. The van der Waals surface area contributed by atoms with Crippen molar-refractivity contribution in [3.63, 3.8) is 0 Å². The molecule has 0 atom stereocenters. The first-order valence-electron chi connectivity index (χ1n) is 8.03. The lowest BCUT2D eigenvalue weighted by Gasteiger charge is -2.10. The highest BCUT2D eigenvalue weighted by Gasteiger charge is 2.08. The summed E-state index contributed by atoms with van der Waals surface area (Å²) in [5, 5.41) is 7.62. The third-order valence-electron chi connectivity index (χ3n) is 3.65. The third kappa shape index (κ3) is 5.28. The van der Waals surface area contributed by atoms with Crippen molar-refractivity contribution in [3.8, 4) is 11.5 Å². The molecule has 0 spiro atoms. The molecule has 2 heterocycles. The number of nitrogens with one attached hydrogen (secondary N) is 2. The fourth-order valence-electron chi connectivity index (χ4n) is 2.40. The van der Waals surface area contributed by atoms with Gasteiger partial charge in [-0.2, -0.15) is 0 Å². The number of guanidine groups is 1. The van der Waals surface area contributed by atoms with Crippen molar-refractivity contribution in [1.82, 2.24) is 20.6 Å². The van der Waals surface area contributed by atoms with E-state index in [9.17, 15) is 0 Å². The Kier molecular flexibility index (Phi) is 7.58. The van der Waals surface area contributed by atoms with Crippen LogP contribution in [-0.2, 0) is 13.1 Å². The lowest BCUT2D eigenvalue weighted by atomic mass is 10.2. The molecule has 0 radical (unpaired) electrons. The Balaban J connectivity index is 0.00000243. The molecule has 2 aromatic heterocycles. The van der Waals surface area contributed by atoms with E-state index >= 15 is 0 Å². The minimum Gasteiger partial charge on any atom is -0.444 e. The Morgan fingerprint density at radius 1 is 1.12 bits per heavy atom. The maximum atomic E-state index is 5.55. The van der Waals surface area contributed by atoms with Crippen LogP contribution in [-0.4, -0.2) is 23.0 Å². The van der Waals surface area contributed by atoms with Gasteiger partial charge in [-0.1, -0.05) is 18.2 Å². The summed E-state index contributed by atoms with van der Waals surface area (Å²) < 4.78 is 5.55. The van der Waals surface area contributed by atoms with Crippen LogP contribution in [0.2, 0.25) is 0 Å². The molecule has 0 aliphatic carbocycles. The van der Waals surface area contributed by atoms with Crippen LogP contribution >= 0.6 is 35.3 Å². The molecular weight excluding hydrogens is 461 g/mol. The van der Waals surface area contributed by atoms with Crippen LogP contribution in [0.25, 0.3) is 11.5 Å². The second-order valence-electron chi connectivity index (χ2n) is 5.53. The molecule has 0 bridgehead atoms. The average molecular weight is 483 g/mol. The van der Waals surface area contributed by atoms with Gasteiger partial charge in [0.05, 0.1) is 29.5 Å². The zero-order chi connectivity index (χ0) is 17.6. The van der Waals surface area contributed by atoms with Gasteiger partial charge in [-0.3, -0.25) is 4.99 Å². The van der Waals surface area contributed by atoms with Crippen molar-refractivity contribution in [1.29, 1.82) is 0 Å². The highest BCUT2D eigenvalue weighted by molar-refractivity contribution is 14.0. The van der Waals surface area contributed by atoms with E-state index in [2.05, 4.69) is 25.6 Å². The molecule has 0 aliphatic rings. The first-order chi connectivity index (χ1) is 12.2. The Hall–Kier alpha value is -1.94. The number of rotatable bonds is 5. The maximum Gasteiger partial charge on any atom is 0.226 e. The molecule has 2 N–H and O–H groups in total. The zero-order valence-corrected chi connectivity index (χ0v) is 18.1. The van der Waals surface area contributed by atoms with Gasteiger partial charge in [0.25, 0.3) is 0 Å². The van der Waals surface area contributed by atoms with Gasteiger partial charge in [-0.25, -0.2) is 9.97 Å². The molecular formula is C18H22IN5OS. The Morgan fingerprint density at radius 2 is 1.85 bits per heavy atom. The summed E-state index contributed by atoms with van der Waals surface area (Å²) in [5.41, 5.74) is 2.85. The van der Waals surface area contributed by atoms with Gasteiger partial charge in [-0.05, 0) is 26.0 Å². The van der Waals surface area contributed by atoms with Gasteiger partial charge in [0.1, 0.15) is 6.26 Å². The van der Waals surface area contributed by atoms with Crippen molar-refractivity contribution >= 4 is 41.3 Å². The Bertz CT molecular complexity index is 860. The largest absolute Gasteiger partial charge is 0.444 e. The Labute approximate surface area is 174 Å². The van der Waals surface area contributed by atoms with E-state index in [4.69, 9.17) is 4.42 Å². The minimum atomic E-state index is 0. The number of aromatic nitrogens is 2. The molecule has 3 rings (SSSR count). The van der Waals surface area contributed by atoms with Crippen LogP contribution in [0, 0.1) is 13.8 Å². The van der Waals surface area contributed by atoms with E-state index in [-0.39, 0.29) is 24.0 Å². The predicted octanol–water partition coefficient (Wildman–Crippen LogP) is 3.90. The second-order valence-corrected chi connectivity index (χ2v) is 6.82. The van der Waals surface area contributed by atoms with E-state index in [1.807, 2.05) is 44.2 Å². The molecule has 0 saturated heterocycles. The number of benzene rings is 1. The van der Waals surface area contributed by atoms with Gasteiger partial charge >= 0.3 is 0 Å². The molecule has 138 valence electrons. The van der Waals surface area contributed by atoms with Crippen molar-refractivity contribution in [2.45, 2.75) is 26.9 Å². The standard InChI is InChI=1S/C18H21N5OS.HI/c1-12-16(25-13(2)22-12)10-21-18(19-3)20-9-15-11-24-17(23-15)14-7-5-4-6-8-14;/h4-8,11H,9-10H2,1-3H3,(H2,19,20,21);1H. The molecule has 8 heteroatoms. The molecule has 1 aromatic carbocycles. The number of thiazole rings is 1. The van der Waals surface area contributed by atoms with Crippen molar-refractivity contribution in [2.24, 2.45) is 4.99 Å². The van der Waals surface area contributed by atoms with E-state index in [0.29, 0.717) is 19.0 Å². The average Bonchev–Trinajstić information content (AvgIpc) is 3.22. The fourth-order valence-corrected chi connectivity index (χ4v) is 3.27. The normalized spacial score (nSPS) is 11.1. The summed E-state index contributed by atoms with van der Waals surface area (Å²) >= 11 is 1.70. The van der Waals surface area contributed by atoms with Crippen molar-refractivity contribution in [2.75, 3.05) is 7.05 Å². The van der Waals surface area contributed by atoms with Crippen LogP contribution in [0.4, 0.5) is 0 Å². The summed E-state index contributed by atoms with van der Waals surface area (Å²) in [6.45, 7) is 5.28. The zero-order valence-electron chi connectivity index (χ0n) is 14.9. The molecule has 0 amide bonds. The van der Waals surface area contributed by atoms with Crippen LogP contribution in [0.5, 0.6) is 0 Å². The quantitative estimate of drug-likeness (QED) is 0.327. The van der Waals surface area contributed by atoms with Gasteiger partial charge in [-0.15, -0.1) is 35.3 Å². The summed E-state index contributed by atoms with van der Waals surface area (Å²) in [4.78, 5) is 14.4. The smallest absolute Gasteiger partial charge is 0.226 e. The molecule has 0 fully saturated rings. The summed E-state index contributed by atoms with van der Waals surface area (Å²) in [6.07, 6.45) is 1.67.